The van der Waals surface area contributed by atoms with E-state index in [9.17, 15) is 30.8 Å². The summed E-state index contributed by atoms with van der Waals surface area (Å²) in [6, 6.07) is 9.03. The molecule has 41 heavy (non-hydrogen) atoms. The van der Waals surface area contributed by atoms with Gasteiger partial charge in [0.1, 0.15) is 17.2 Å². The maximum Gasteiger partial charge on any atom is 0.416 e. The minimum atomic E-state index is -4.50. The Morgan fingerprint density at radius 2 is 1.61 bits per heavy atom. The van der Waals surface area contributed by atoms with Crippen molar-refractivity contribution in [2.45, 2.75) is 87.5 Å². The third-order valence-corrected chi connectivity index (χ3v) is 11.7. The SMILES string of the molecule is CC1(CC(=O)[C@@]2(C)CN=C(C34CC(N(Cc5ccc(C(F)(F)F)cc5)S(=O)(=O)c5ccc(F)cc5)(C3)C4)N2)CCC1. The van der Waals surface area contributed by atoms with E-state index < -0.39 is 38.7 Å². The van der Waals surface area contributed by atoms with Crippen LogP contribution in [0.2, 0.25) is 0 Å². The molecule has 4 fully saturated rings. The quantitative estimate of drug-likeness (QED) is 0.370. The highest BCUT2D eigenvalue weighted by molar-refractivity contribution is 7.89. The summed E-state index contributed by atoms with van der Waals surface area (Å²) in [5.41, 5.74) is -2.23. The van der Waals surface area contributed by atoms with Crippen molar-refractivity contribution in [3.8, 4) is 0 Å². The Morgan fingerprint density at radius 3 is 2.15 bits per heavy atom. The van der Waals surface area contributed by atoms with Gasteiger partial charge in [-0.15, -0.1) is 0 Å². The molecule has 0 unspecified atom stereocenters. The van der Waals surface area contributed by atoms with E-state index in [4.69, 9.17) is 4.99 Å². The molecule has 0 radical (unpaired) electrons. The van der Waals surface area contributed by atoms with E-state index in [1.165, 1.54) is 28.6 Å². The largest absolute Gasteiger partial charge is 0.416 e. The number of carbonyl (C=O) groups excluding carboxylic acids is 1. The van der Waals surface area contributed by atoms with Crippen LogP contribution in [0, 0.1) is 16.6 Å². The number of aliphatic imine (C=N–C) groups is 1. The molecule has 2 aromatic carbocycles. The summed E-state index contributed by atoms with van der Waals surface area (Å²) >= 11 is 0. The molecule has 5 aliphatic rings. The monoisotopic (exact) mass is 591 g/mol. The summed E-state index contributed by atoms with van der Waals surface area (Å²) in [5.74, 6) is 0.308. The maximum atomic E-state index is 13.9. The van der Waals surface area contributed by atoms with Gasteiger partial charge in [-0.3, -0.25) is 9.79 Å². The fourth-order valence-corrected chi connectivity index (χ4v) is 8.79. The highest BCUT2D eigenvalue weighted by Gasteiger charge is 2.75. The van der Waals surface area contributed by atoms with Crippen LogP contribution in [-0.2, 0) is 27.5 Å². The van der Waals surface area contributed by atoms with Crippen molar-refractivity contribution in [2.24, 2.45) is 15.8 Å². The van der Waals surface area contributed by atoms with Crippen LogP contribution < -0.4 is 5.32 Å². The van der Waals surface area contributed by atoms with Crippen LogP contribution >= 0.6 is 0 Å². The molecule has 1 N–H and O–H groups in total. The number of hydrogen-bond acceptors (Lipinski definition) is 5. The number of amidine groups is 1. The second-order valence-electron chi connectivity index (χ2n) is 13.1. The molecule has 4 saturated carbocycles. The lowest BCUT2D eigenvalue weighted by Gasteiger charge is -2.73. The number of rotatable bonds is 9. The van der Waals surface area contributed by atoms with Crippen LogP contribution in [0.3, 0.4) is 0 Å². The fourth-order valence-electron chi connectivity index (χ4n) is 7.03. The smallest absolute Gasteiger partial charge is 0.360 e. The summed E-state index contributed by atoms with van der Waals surface area (Å²) in [6.07, 6.45) is 0.689. The van der Waals surface area contributed by atoms with Crippen LogP contribution in [0.25, 0.3) is 0 Å². The predicted molar refractivity (Wildman–Crippen MR) is 145 cm³/mol. The zero-order chi connectivity index (χ0) is 29.5. The summed E-state index contributed by atoms with van der Waals surface area (Å²) in [5, 5.41) is 3.41. The number of nitrogens with zero attached hydrogens (tertiary/aromatic N) is 2. The first-order valence-electron chi connectivity index (χ1n) is 13.9. The number of nitrogens with one attached hydrogen (secondary N) is 1. The standard InChI is InChI=1S/C30H33F4N3O3S/c1-26(12-3-13-26)14-24(38)27(2)19-35-25(36-27)28-16-29(17-28,18-28)37(41(39,40)23-10-8-22(31)9-11-23)15-20-4-6-21(7-5-20)30(32,33)34/h4-11H,3,12-19H2,1-2H3,(H,35,36)/t27-,28?,29?/m1/s1. The number of Topliss-reactive ketones (excluding diaryl/α,β-unsaturated/α-hetero) is 1. The van der Waals surface area contributed by atoms with E-state index in [-0.39, 0.29) is 28.1 Å². The second kappa shape index (κ2) is 9.10. The van der Waals surface area contributed by atoms with E-state index in [2.05, 4.69) is 12.2 Å². The molecule has 7 rings (SSSR count). The molecule has 220 valence electrons. The Hall–Kier alpha value is -2.79. The number of carbonyl (C=O) groups is 1. The average Bonchev–Trinajstić information content (AvgIpc) is 3.24. The zero-order valence-electron chi connectivity index (χ0n) is 23.0. The number of hydrogen-bond donors (Lipinski definition) is 1. The lowest BCUT2D eigenvalue weighted by molar-refractivity contribution is -0.151. The van der Waals surface area contributed by atoms with E-state index in [1.807, 2.05) is 6.92 Å². The van der Waals surface area contributed by atoms with Gasteiger partial charge in [0.15, 0.2) is 5.78 Å². The van der Waals surface area contributed by atoms with Crippen LogP contribution in [0.4, 0.5) is 17.6 Å². The topological polar surface area (TPSA) is 78.8 Å². The second-order valence-corrected chi connectivity index (χ2v) is 14.9. The highest BCUT2D eigenvalue weighted by Crippen LogP contribution is 2.71. The number of ketones is 1. The van der Waals surface area contributed by atoms with Gasteiger partial charge in [-0.05, 0) is 86.4 Å². The number of benzene rings is 2. The van der Waals surface area contributed by atoms with Gasteiger partial charge in [-0.2, -0.15) is 17.5 Å². The Balaban J connectivity index is 1.21. The Morgan fingerprint density at radius 1 is 1.00 bits per heavy atom. The van der Waals surface area contributed by atoms with Gasteiger partial charge in [0.2, 0.25) is 10.0 Å². The van der Waals surface area contributed by atoms with Crippen molar-refractivity contribution in [3.05, 3.63) is 65.5 Å². The first-order valence-corrected chi connectivity index (χ1v) is 15.3. The van der Waals surface area contributed by atoms with Crippen molar-refractivity contribution >= 4 is 21.6 Å². The molecule has 0 saturated heterocycles. The first-order chi connectivity index (χ1) is 19.1. The molecule has 1 atom stereocenters. The fraction of sp³-hybridized carbons (Fsp3) is 0.533. The van der Waals surface area contributed by atoms with E-state index in [0.717, 1.165) is 49.4 Å². The summed E-state index contributed by atoms with van der Waals surface area (Å²) in [6.45, 7) is 4.24. The molecule has 0 spiro atoms. The molecular weight excluding hydrogens is 558 g/mol. The molecule has 0 amide bonds. The minimum absolute atomic E-state index is 0.0540. The Kier molecular flexibility index (Phi) is 6.29. The number of alkyl halides is 3. The summed E-state index contributed by atoms with van der Waals surface area (Å²) in [4.78, 5) is 17.9. The van der Waals surface area contributed by atoms with E-state index >= 15 is 0 Å². The van der Waals surface area contributed by atoms with E-state index in [1.54, 1.807) is 0 Å². The van der Waals surface area contributed by atoms with Gasteiger partial charge in [-0.1, -0.05) is 25.5 Å². The molecule has 2 bridgehead atoms. The number of halogens is 4. The maximum absolute atomic E-state index is 13.9. The first kappa shape index (κ1) is 28.3. The van der Waals surface area contributed by atoms with Gasteiger partial charge < -0.3 is 5.32 Å². The molecule has 6 nitrogen and oxygen atoms in total. The van der Waals surface area contributed by atoms with Crippen molar-refractivity contribution < 1.29 is 30.8 Å². The summed E-state index contributed by atoms with van der Waals surface area (Å²) < 4.78 is 82.0. The minimum Gasteiger partial charge on any atom is -0.360 e. The normalized spacial score (nSPS) is 30.1. The van der Waals surface area contributed by atoms with Crippen LogP contribution in [0.15, 0.2) is 58.4 Å². The molecule has 0 aromatic heterocycles. The third-order valence-electron chi connectivity index (χ3n) is 9.75. The average molecular weight is 592 g/mol. The lowest BCUT2D eigenvalue weighted by atomic mass is 9.38. The summed E-state index contributed by atoms with van der Waals surface area (Å²) in [7, 11) is -4.11. The van der Waals surface area contributed by atoms with Gasteiger partial charge in [0, 0.05) is 23.9 Å². The van der Waals surface area contributed by atoms with Crippen molar-refractivity contribution in [2.75, 3.05) is 6.54 Å². The Bertz CT molecular complexity index is 1500. The van der Waals surface area contributed by atoms with Gasteiger partial charge >= 0.3 is 6.18 Å². The molecule has 2 aromatic rings. The zero-order valence-corrected chi connectivity index (χ0v) is 23.8. The molecule has 11 heteroatoms. The van der Waals surface area contributed by atoms with Gasteiger partial charge in [-0.25, -0.2) is 12.8 Å². The van der Waals surface area contributed by atoms with Crippen molar-refractivity contribution in [1.29, 1.82) is 0 Å². The van der Waals surface area contributed by atoms with Crippen molar-refractivity contribution in [3.63, 3.8) is 0 Å². The van der Waals surface area contributed by atoms with Crippen LogP contribution in [0.1, 0.15) is 69.9 Å². The van der Waals surface area contributed by atoms with Crippen LogP contribution in [-0.4, -0.2) is 42.0 Å². The molecular formula is C30H33F4N3O3S. The molecule has 1 aliphatic heterocycles. The predicted octanol–water partition coefficient (Wildman–Crippen LogP) is 5.87. The lowest BCUT2D eigenvalue weighted by Crippen LogP contribution is -2.78. The van der Waals surface area contributed by atoms with Crippen LogP contribution in [0.5, 0.6) is 0 Å². The third kappa shape index (κ3) is 4.69. The van der Waals surface area contributed by atoms with Gasteiger partial charge in [0.05, 0.1) is 17.0 Å². The molecule has 1 heterocycles. The molecule has 4 aliphatic carbocycles. The Labute approximate surface area is 237 Å². The van der Waals surface area contributed by atoms with Gasteiger partial charge in [0.25, 0.3) is 0 Å². The highest BCUT2D eigenvalue weighted by atomic mass is 32.2. The van der Waals surface area contributed by atoms with E-state index in [0.29, 0.717) is 37.8 Å². The van der Waals surface area contributed by atoms with Crippen molar-refractivity contribution in [1.82, 2.24) is 9.62 Å². The number of sulfonamides is 1.